The van der Waals surface area contributed by atoms with Crippen LogP contribution >= 0.6 is 0 Å². The molecular weight excluding hydrogens is 316 g/mol. The molecule has 0 aliphatic carbocycles. The second kappa shape index (κ2) is 7.34. The van der Waals surface area contributed by atoms with Crippen LogP contribution in [0.25, 0.3) is 11.0 Å². The van der Waals surface area contributed by atoms with Gasteiger partial charge in [-0.25, -0.2) is 9.78 Å². The Morgan fingerprint density at radius 2 is 1.76 bits per heavy atom. The summed E-state index contributed by atoms with van der Waals surface area (Å²) in [7, 11) is 0. The van der Waals surface area contributed by atoms with Crippen molar-refractivity contribution in [2.75, 3.05) is 5.32 Å². The quantitative estimate of drug-likeness (QED) is 0.751. The summed E-state index contributed by atoms with van der Waals surface area (Å²) in [5.41, 5.74) is 2.62. The molecule has 3 rings (SSSR count). The number of benzene rings is 1. The summed E-state index contributed by atoms with van der Waals surface area (Å²) in [6.07, 6.45) is 2.74. The van der Waals surface area contributed by atoms with Gasteiger partial charge in [-0.1, -0.05) is 25.1 Å². The molecule has 1 aromatic carbocycles. The van der Waals surface area contributed by atoms with Crippen molar-refractivity contribution in [3.63, 3.8) is 0 Å². The maximum absolute atomic E-state index is 12.7. The summed E-state index contributed by atoms with van der Waals surface area (Å²) >= 11 is 0. The third-order valence-electron chi connectivity index (χ3n) is 4.20. The lowest BCUT2D eigenvalue weighted by atomic mass is 10.3. The molecule has 1 N–H and O–H groups in total. The smallest absolute Gasteiger partial charge is 0.310 e. The number of hydrogen-bond acceptors (Lipinski definition) is 3. The van der Waals surface area contributed by atoms with Gasteiger partial charge < -0.3 is 5.32 Å². The predicted octanol–water partition coefficient (Wildman–Crippen LogP) is 2.95. The lowest BCUT2D eigenvalue weighted by molar-refractivity contribution is -0.116. The minimum Gasteiger partial charge on any atom is -0.310 e. The Bertz CT molecular complexity index is 955. The number of rotatable bonds is 6. The minimum atomic E-state index is -0.152. The van der Waals surface area contributed by atoms with Crippen molar-refractivity contribution in [3.05, 3.63) is 58.6 Å². The van der Waals surface area contributed by atoms with Gasteiger partial charge >= 0.3 is 5.69 Å². The lowest BCUT2D eigenvalue weighted by Gasteiger charge is -2.07. The van der Waals surface area contributed by atoms with E-state index in [0.717, 1.165) is 23.0 Å². The summed E-state index contributed by atoms with van der Waals surface area (Å²) in [5.74, 6) is 0.411. The van der Waals surface area contributed by atoms with Crippen LogP contribution in [0.5, 0.6) is 0 Å². The number of nitrogens with zero attached hydrogens (tertiary/aromatic N) is 3. The molecule has 6 heteroatoms. The molecule has 6 nitrogen and oxygen atoms in total. The van der Waals surface area contributed by atoms with Gasteiger partial charge in [-0.15, -0.1) is 0 Å². The van der Waals surface area contributed by atoms with E-state index in [-0.39, 0.29) is 18.0 Å². The fourth-order valence-corrected chi connectivity index (χ4v) is 2.95. The van der Waals surface area contributed by atoms with Crippen molar-refractivity contribution in [2.45, 2.75) is 39.8 Å². The van der Waals surface area contributed by atoms with Crippen molar-refractivity contribution in [2.24, 2.45) is 0 Å². The topological polar surface area (TPSA) is 68.9 Å². The van der Waals surface area contributed by atoms with E-state index < -0.39 is 0 Å². The molecule has 1 amide bonds. The molecule has 25 heavy (non-hydrogen) atoms. The van der Waals surface area contributed by atoms with E-state index in [4.69, 9.17) is 0 Å². The SMILES string of the molecule is CCCn1c(=O)n(CCC(=O)Nc2ncccc2C)c2ccccc21. The normalized spacial score (nSPS) is 11.0. The van der Waals surface area contributed by atoms with Crippen molar-refractivity contribution >= 4 is 22.8 Å². The highest BCUT2D eigenvalue weighted by molar-refractivity contribution is 5.90. The van der Waals surface area contributed by atoms with Crippen molar-refractivity contribution < 1.29 is 4.79 Å². The maximum atomic E-state index is 12.7. The number of carbonyl (C=O) groups excluding carboxylic acids is 1. The molecule has 0 aliphatic rings. The van der Waals surface area contributed by atoms with Gasteiger partial charge in [0.25, 0.3) is 0 Å². The van der Waals surface area contributed by atoms with E-state index in [2.05, 4.69) is 10.3 Å². The lowest BCUT2D eigenvalue weighted by Crippen LogP contribution is -2.26. The van der Waals surface area contributed by atoms with Gasteiger partial charge in [0, 0.05) is 25.7 Å². The number of anilines is 1. The van der Waals surface area contributed by atoms with E-state index in [1.165, 1.54) is 0 Å². The number of aryl methyl sites for hydroxylation is 3. The van der Waals surface area contributed by atoms with Gasteiger partial charge in [-0.3, -0.25) is 13.9 Å². The van der Waals surface area contributed by atoms with Crippen LogP contribution in [-0.4, -0.2) is 20.0 Å². The van der Waals surface area contributed by atoms with E-state index in [9.17, 15) is 9.59 Å². The minimum absolute atomic E-state index is 0.0649. The first kappa shape index (κ1) is 17.0. The largest absolute Gasteiger partial charge is 0.329 e. The summed E-state index contributed by atoms with van der Waals surface area (Å²) in [6, 6.07) is 11.4. The van der Waals surface area contributed by atoms with Crippen LogP contribution in [0.3, 0.4) is 0 Å². The van der Waals surface area contributed by atoms with Crippen molar-refractivity contribution in [3.8, 4) is 0 Å². The summed E-state index contributed by atoms with van der Waals surface area (Å²) in [6.45, 7) is 4.95. The van der Waals surface area contributed by atoms with Gasteiger partial charge in [-0.2, -0.15) is 0 Å². The number of aromatic nitrogens is 3. The first-order chi connectivity index (χ1) is 12.1. The average Bonchev–Trinajstić information content (AvgIpc) is 2.88. The zero-order valence-corrected chi connectivity index (χ0v) is 14.5. The molecule has 0 atom stereocenters. The van der Waals surface area contributed by atoms with Gasteiger partial charge in [-0.05, 0) is 37.1 Å². The van der Waals surface area contributed by atoms with Crippen LogP contribution in [-0.2, 0) is 17.9 Å². The number of para-hydroxylation sites is 2. The third kappa shape index (κ3) is 3.47. The average molecular weight is 338 g/mol. The maximum Gasteiger partial charge on any atom is 0.329 e. The molecule has 3 aromatic rings. The Kier molecular flexibility index (Phi) is 4.97. The Labute approximate surface area is 146 Å². The molecule has 0 radical (unpaired) electrons. The fraction of sp³-hybridized carbons (Fsp3) is 0.316. The highest BCUT2D eigenvalue weighted by Gasteiger charge is 2.13. The Balaban J connectivity index is 1.79. The molecular formula is C19H22N4O2. The first-order valence-electron chi connectivity index (χ1n) is 8.51. The summed E-state index contributed by atoms with van der Waals surface area (Å²) in [5, 5.41) is 2.81. The standard InChI is InChI=1S/C19H22N4O2/c1-3-12-22-15-8-4-5-9-16(15)23(19(22)25)13-10-17(24)21-18-14(2)7-6-11-20-18/h4-9,11H,3,10,12-13H2,1-2H3,(H,20,21,24). The Morgan fingerprint density at radius 3 is 2.40 bits per heavy atom. The number of imidazole rings is 1. The number of nitrogens with one attached hydrogen (secondary N) is 1. The molecule has 0 unspecified atom stereocenters. The number of carbonyl (C=O) groups is 1. The third-order valence-corrected chi connectivity index (χ3v) is 4.20. The monoisotopic (exact) mass is 338 g/mol. The molecule has 0 saturated heterocycles. The zero-order valence-electron chi connectivity index (χ0n) is 14.5. The molecule has 2 aromatic heterocycles. The molecule has 0 saturated carbocycles. The second-order valence-electron chi connectivity index (χ2n) is 6.04. The van der Waals surface area contributed by atoms with Crippen LogP contribution < -0.4 is 11.0 Å². The number of fused-ring (bicyclic) bond motifs is 1. The fourth-order valence-electron chi connectivity index (χ4n) is 2.95. The Morgan fingerprint density at radius 1 is 1.08 bits per heavy atom. The molecule has 2 heterocycles. The summed E-state index contributed by atoms with van der Waals surface area (Å²) in [4.78, 5) is 29.1. The molecule has 0 fully saturated rings. The molecule has 0 spiro atoms. The predicted molar refractivity (Wildman–Crippen MR) is 98.7 cm³/mol. The number of pyridine rings is 1. The number of hydrogen-bond donors (Lipinski definition) is 1. The van der Waals surface area contributed by atoms with Crippen LogP contribution in [0.2, 0.25) is 0 Å². The van der Waals surface area contributed by atoms with Gasteiger partial charge in [0.05, 0.1) is 11.0 Å². The Hall–Kier alpha value is -2.89. The second-order valence-corrected chi connectivity index (χ2v) is 6.04. The zero-order chi connectivity index (χ0) is 17.8. The van der Waals surface area contributed by atoms with Crippen molar-refractivity contribution in [1.82, 2.24) is 14.1 Å². The molecule has 0 bridgehead atoms. The van der Waals surface area contributed by atoms with Gasteiger partial charge in [0.1, 0.15) is 5.82 Å². The van der Waals surface area contributed by atoms with Crippen molar-refractivity contribution in [1.29, 1.82) is 0 Å². The van der Waals surface area contributed by atoms with Crippen LogP contribution in [0, 0.1) is 6.92 Å². The van der Waals surface area contributed by atoms with E-state index >= 15 is 0 Å². The number of amides is 1. The summed E-state index contributed by atoms with van der Waals surface area (Å²) < 4.78 is 3.45. The molecule has 0 aliphatic heterocycles. The van der Waals surface area contributed by atoms with Crippen LogP contribution in [0.15, 0.2) is 47.4 Å². The van der Waals surface area contributed by atoms with Crippen LogP contribution in [0.4, 0.5) is 5.82 Å². The van der Waals surface area contributed by atoms with E-state index in [1.54, 1.807) is 15.3 Å². The van der Waals surface area contributed by atoms with Gasteiger partial charge in [0.15, 0.2) is 0 Å². The highest BCUT2D eigenvalue weighted by atomic mass is 16.2. The first-order valence-corrected chi connectivity index (χ1v) is 8.51. The molecule has 130 valence electrons. The van der Waals surface area contributed by atoms with E-state index in [0.29, 0.717) is 18.9 Å². The highest BCUT2D eigenvalue weighted by Crippen LogP contribution is 2.14. The van der Waals surface area contributed by atoms with Crippen LogP contribution in [0.1, 0.15) is 25.3 Å². The van der Waals surface area contributed by atoms with E-state index in [1.807, 2.05) is 50.2 Å². The van der Waals surface area contributed by atoms with Gasteiger partial charge in [0.2, 0.25) is 5.91 Å².